The average Bonchev–Trinajstić information content (AvgIpc) is 2.88. The van der Waals surface area contributed by atoms with Crippen molar-refractivity contribution in [1.82, 2.24) is 0 Å². The molecule has 17 heavy (non-hydrogen) atoms. The van der Waals surface area contributed by atoms with Gasteiger partial charge in [0.25, 0.3) is 0 Å². The smallest absolute Gasteiger partial charge is 0.118 e. The maximum absolute atomic E-state index is 6.72. The summed E-state index contributed by atoms with van der Waals surface area (Å²) < 4.78 is 5.18. The Labute approximate surface area is 109 Å². The van der Waals surface area contributed by atoms with E-state index in [4.69, 9.17) is 16.3 Å². The molecule has 2 rings (SSSR count). The summed E-state index contributed by atoms with van der Waals surface area (Å²) in [6, 6.07) is 8.21. The number of halogens is 1. The lowest BCUT2D eigenvalue weighted by molar-refractivity contribution is 0.271. The Morgan fingerprint density at radius 1 is 1.24 bits per heavy atom. The molecule has 0 heterocycles. The Hall–Kier alpha value is -0.690. The molecule has 1 aliphatic carbocycles. The third-order valence-corrected chi connectivity index (χ3v) is 4.96. The molecule has 0 amide bonds. The minimum Gasteiger partial charge on any atom is -0.497 e. The van der Waals surface area contributed by atoms with Gasteiger partial charge in [0.1, 0.15) is 5.75 Å². The second kappa shape index (κ2) is 5.30. The van der Waals surface area contributed by atoms with E-state index in [2.05, 4.69) is 19.1 Å². The minimum atomic E-state index is 0.140. The van der Waals surface area contributed by atoms with Crippen molar-refractivity contribution in [2.45, 2.75) is 44.4 Å². The van der Waals surface area contributed by atoms with Crippen LogP contribution in [-0.2, 0) is 0 Å². The van der Waals surface area contributed by atoms with Crippen LogP contribution in [0.5, 0.6) is 5.75 Å². The molecule has 1 atom stereocenters. The van der Waals surface area contributed by atoms with Gasteiger partial charge in [-0.1, -0.05) is 31.9 Å². The molecule has 0 N–H and O–H groups in total. The van der Waals surface area contributed by atoms with Crippen molar-refractivity contribution in [3.8, 4) is 5.75 Å². The van der Waals surface area contributed by atoms with E-state index < -0.39 is 0 Å². The molecule has 0 saturated heterocycles. The van der Waals surface area contributed by atoms with Gasteiger partial charge in [0.2, 0.25) is 0 Å². The van der Waals surface area contributed by atoms with E-state index in [0.29, 0.717) is 5.41 Å². The predicted molar refractivity (Wildman–Crippen MR) is 72.8 cm³/mol. The van der Waals surface area contributed by atoms with Crippen LogP contribution in [0, 0.1) is 5.41 Å². The zero-order valence-corrected chi connectivity index (χ0v) is 11.5. The Bertz CT molecular complexity index is 352. The van der Waals surface area contributed by atoms with Crippen LogP contribution >= 0.6 is 11.6 Å². The van der Waals surface area contributed by atoms with E-state index in [-0.39, 0.29) is 5.38 Å². The normalized spacial score (nSPS) is 20.2. The van der Waals surface area contributed by atoms with Gasteiger partial charge < -0.3 is 4.74 Å². The lowest BCUT2D eigenvalue weighted by atomic mass is 9.77. The highest BCUT2D eigenvalue weighted by Gasteiger charge is 2.39. The molecular formula is C15H21ClO. The lowest BCUT2D eigenvalue weighted by Crippen LogP contribution is -2.21. The number of hydrogen-bond acceptors (Lipinski definition) is 1. The number of methoxy groups -OCH3 is 1. The van der Waals surface area contributed by atoms with Crippen molar-refractivity contribution in [3.05, 3.63) is 29.8 Å². The third kappa shape index (κ3) is 2.44. The minimum absolute atomic E-state index is 0.140. The Morgan fingerprint density at radius 2 is 1.82 bits per heavy atom. The first-order valence-corrected chi connectivity index (χ1v) is 6.93. The first-order valence-electron chi connectivity index (χ1n) is 6.50. The number of ether oxygens (including phenoxy) is 1. The summed E-state index contributed by atoms with van der Waals surface area (Å²) in [5.74, 6) is 0.898. The van der Waals surface area contributed by atoms with Crippen LogP contribution in [0.1, 0.15) is 50.0 Å². The molecule has 1 aromatic carbocycles. The standard InChI is InChI=1S/C15H21ClO/c1-3-15(10-4-5-11-15)14(16)12-6-8-13(17-2)9-7-12/h6-9,14H,3-5,10-11H2,1-2H3. The van der Waals surface area contributed by atoms with Crippen LogP contribution in [0.4, 0.5) is 0 Å². The number of alkyl halides is 1. The van der Waals surface area contributed by atoms with Gasteiger partial charge >= 0.3 is 0 Å². The summed E-state index contributed by atoms with van der Waals surface area (Å²) in [5.41, 5.74) is 1.55. The fourth-order valence-electron chi connectivity index (χ4n) is 2.99. The van der Waals surface area contributed by atoms with Gasteiger partial charge in [0.05, 0.1) is 12.5 Å². The summed E-state index contributed by atoms with van der Waals surface area (Å²) in [5, 5.41) is 0.140. The number of benzene rings is 1. The molecule has 1 aliphatic rings. The van der Waals surface area contributed by atoms with Crippen molar-refractivity contribution < 1.29 is 4.74 Å². The van der Waals surface area contributed by atoms with E-state index >= 15 is 0 Å². The number of rotatable bonds is 4. The van der Waals surface area contributed by atoms with Gasteiger partial charge in [-0.15, -0.1) is 11.6 Å². The van der Waals surface area contributed by atoms with Gasteiger partial charge in [0.15, 0.2) is 0 Å². The zero-order valence-electron chi connectivity index (χ0n) is 10.7. The molecule has 1 nitrogen and oxygen atoms in total. The van der Waals surface area contributed by atoms with Crippen LogP contribution in [-0.4, -0.2) is 7.11 Å². The topological polar surface area (TPSA) is 9.23 Å². The Morgan fingerprint density at radius 3 is 2.29 bits per heavy atom. The molecule has 0 radical (unpaired) electrons. The SMILES string of the molecule is CCC1(C(Cl)c2ccc(OC)cc2)CCCC1. The van der Waals surface area contributed by atoms with Gasteiger partial charge in [-0.2, -0.15) is 0 Å². The molecule has 2 heteroatoms. The van der Waals surface area contributed by atoms with E-state index in [0.717, 1.165) is 5.75 Å². The molecule has 0 spiro atoms. The van der Waals surface area contributed by atoms with Gasteiger partial charge in [-0.05, 0) is 42.4 Å². The molecule has 1 aromatic rings. The summed E-state index contributed by atoms with van der Waals surface area (Å²) in [4.78, 5) is 0. The van der Waals surface area contributed by atoms with Crippen molar-refractivity contribution >= 4 is 11.6 Å². The molecule has 0 aromatic heterocycles. The average molecular weight is 253 g/mol. The monoisotopic (exact) mass is 252 g/mol. The molecule has 1 unspecified atom stereocenters. The fourth-order valence-corrected chi connectivity index (χ4v) is 3.51. The molecule has 0 aliphatic heterocycles. The second-order valence-electron chi connectivity index (χ2n) is 5.06. The van der Waals surface area contributed by atoms with Crippen molar-refractivity contribution in [2.24, 2.45) is 5.41 Å². The third-order valence-electron chi connectivity index (χ3n) is 4.25. The highest BCUT2D eigenvalue weighted by molar-refractivity contribution is 6.21. The van der Waals surface area contributed by atoms with Crippen LogP contribution in [0.15, 0.2) is 24.3 Å². The largest absolute Gasteiger partial charge is 0.497 e. The van der Waals surface area contributed by atoms with E-state index in [1.54, 1.807) is 7.11 Å². The fraction of sp³-hybridized carbons (Fsp3) is 0.600. The Kier molecular flexibility index (Phi) is 3.98. The highest BCUT2D eigenvalue weighted by atomic mass is 35.5. The summed E-state index contributed by atoms with van der Waals surface area (Å²) in [6.45, 7) is 2.27. The molecule has 0 bridgehead atoms. The Balaban J connectivity index is 2.19. The lowest BCUT2D eigenvalue weighted by Gasteiger charge is -2.33. The van der Waals surface area contributed by atoms with E-state index in [9.17, 15) is 0 Å². The molecule has 1 fully saturated rings. The first kappa shape index (κ1) is 12.8. The predicted octanol–water partition coefficient (Wildman–Crippen LogP) is 4.95. The van der Waals surface area contributed by atoms with Crippen LogP contribution < -0.4 is 4.74 Å². The highest BCUT2D eigenvalue weighted by Crippen LogP contribution is 2.53. The van der Waals surface area contributed by atoms with Crippen molar-refractivity contribution in [1.29, 1.82) is 0 Å². The number of hydrogen-bond donors (Lipinski definition) is 0. The maximum atomic E-state index is 6.72. The molecular weight excluding hydrogens is 232 g/mol. The van der Waals surface area contributed by atoms with Crippen molar-refractivity contribution in [3.63, 3.8) is 0 Å². The quantitative estimate of drug-likeness (QED) is 0.690. The summed E-state index contributed by atoms with van der Waals surface area (Å²) in [7, 11) is 1.69. The van der Waals surface area contributed by atoms with Crippen LogP contribution in [0.2, 0.25) is 0 Å². The summed E-state index contributed by atoms with van der Waals surface area (Å²) in [6.07, 6.45) is 6.36. The van der Waals surface area contributed by atoms with Gasteiger partial charge in [-0.3, -0.25) is 0 Å². The molecule has 1 saturated carbocycles. The van der Waals surface area contributed by atoms with Gasteiger partial charge in [-0.25, -0.2) is 0 Å². The van der Waals surface area contributed by atoms with Crippen LogP contribution in [0.3, 0.4) is 0 Å². The van der Waals surface area contributed by atoms with E-state index in [1.807, 2.05) is 12.1 Å². The van der Waals surface area contributed by atoms with Crippen molar-refractivity contribution in [2.75, 3.05) is 7.11 Å². The molecule has 94 valence electrons. The maximum Gasteiger partial charge on any atom is 0.118 e. The second-order valence-corrected chi connectivity index (χ2v) is 5.50. The van der Waals surface area contributed by atoms with E-state index in [1.165, 1.54) is 37.7 Å². The van der Waals surface area contributed by atoms with Gasteiger partial charge in [0, 0.05) is 0 Å². The zero-order chi connectivity index (χ0) is 12.3. The first-order chi connectivity index (χ1) is 8.22. The summed E-state index contributed by atoms with van der Waals surface area (Å²) >= 11 is 6.72. The van der Waals surface area contributed by atoms with Crippen LogP contribution in [0.25, 0.3) is 0 Å².